The Hall–Kier alpha value is -4.46. The highest BCUT2D eigenvalue weighted by Crippen LogP contribution is 2.30. The molecule has 0 spiro atoms. The molecule has 3 heterocycles. The number of nitrogens with one attached hydrogen (secondary N) is 1. The largest absolute Gasteiger partial charge is 0.338 e. The number of fused-ring (bicyclic) bond motifs is 3. The molecule has 1 saturated heterocycles. The fourth-order valence-corrected chi connectivity index (χ4v) is 4.61. The van der Waals surface area contributed by atoms with Crippen molar-refractivity contribution in [2.24, 2.45) is 0 Å². The maximum atomic E-state index is 12.8. The number of carbonyl (C=O) groups excluding carboxylic acids is 1. The molecule has 0 unspecified atom stereocenters. The van der Waals surface area contributed by atoms with Crippen LogP contribution in [0.3, 0.4) is 0 Å². The van der Waals surface area contributed by atoms with Crippen molar-refractivity contribution in [2.75, 3.05) is 36.4 Å². The van der Waals surface area contributed by atoms with Crippen LogP contribution >= 0.6 is 0 Å². The number of para-hydroxylation sites is 2. The van der Waals surface area contributed by atoms with E-state index in [1.807, 2.05) is 71.6 Å². The quantitative estimate of drug-likeness (QED) is 0.423. The number of benzene rings is 3. The molecule has 1 N–H and O–H groups in total. The topological polar surface area (TPSA) is 78.7 Å². The zero-order chi connectivity index (χ0) is 23.8. The average molecular weight is 464 g/mol. The zero-order valence-corrected chi connectivity index (χ0v) is 19.4. The second-order valence-corrected chi connectivity index (χ2v) is 8.70. The van der Waals surface area contributed by atoms with Gasteiger partial charge in [-0.3, -0.25) is 0 Å². The molecule has 35 heavy (non-hydrogen) atoms. The summed E-state index contributed by atoms with van der Waals surface area (Å²) < 4.78 is 2.06. The van der Waals surface area contributed by atoms with E-state index in [2.05, 4.69) is 43.9 Å². The fraction of sp³-hybridized carbons (Fsp3) is 0.185. The highest BCUT2D eigenvalue weighted by Gasteiger charge is 2.26. The lowest BCUT2D eigenvalue weighted by atomic mass is 10.1. The molecular formula is C27H25N7O. The van der Waals surface area contributed by atoms with Gasteiger partial charge in [0.15, 0.2) is 11.5 Å². The van der Waals surface area contributed by atoms with E-state index < -0.39 is 0 Å². The Kier molecular flexibility index (Phi) is 5.25. The van der Waals surface area contributed by atoms with Gasteiger partial charge in [0.05, 0.1) is 5.52 Å². The maximum absolute atomic E-state index is 12.8. The molecule has 0 atom stereocenters. The van der Waals surface area contributed by atoms with E-state index in [0.717, 1.165) is 45.1 Å². The predicted molar refractivity (Wildman–Crippen MR) is 138 cm³/mol. The third kappa shape index (κ3) is 3.82. The number of aryl methyl sites for hydroxylation is 1. The van der Waals surface area contributed by atoms with Gasteiger partial charge in [0.25, 0.3) is 0 Å². The lowest BCUT2D eigenvalue weighted by Crippen LogP contribution is -2.50. The van der Waals surface area contributed by atoms with Crippen molar-refractivity contribution >= 4 is 34.2 Å². The molecule has 0 aliphatic carbocycles. The van der Waals surface area contributed by atoms with Gasteiger partial charge in [0.2, 0.25) is 5.95 Å². The Morgan fingerprint density at radius 2 is 1.54 bits per heavy atom. The lowest BCUT2D eigenvalue weighted by molar-refractivity contribution is 0.208. The van der Waals surface area contributed by atoms with Crippen LogP contribution in [0, 0.1) is 6.92 Å². The third-order valence-corrected chi connectivity index (χ3v) is 6.49. The standard InChI is InChI=1S/C27H25N7O/c1-19-9-5-6-12-21(19)24-30-31-25-22-13-7-8-14-23(22)29-26(34(24)25)32-15-17-33(18-16-32)27(35)28-20-10-3-2-4-11-20/h2-14H,15-18H2,1H3,(H,28,35). The van der Waals surface area contributed by atoms with Gasteiger partial charge < -0.3 is 15.1 Å². The molecule has 3 aromatic carbocycles. The van der Waals surface area contributed by atoms with Gasteiger partial charge in [-0.2, -0.15) is 0 Å². The van der Waals surface area contributed by atoms with E-state index >= 15 is 0 Å². The highest BCUT2D eigenvalue weighted by atomic mass is 16.2. The highest BCUT2D eigenvalue weighted by molar-refractivity contribution is 5.93. The van der Waals surface area contributed by atoms with E-state index in [0.29, 0.717) is 26.2 Å². The summed E-state index contributed by atoms with van der Waals surface area (Å²) in [6.45, 7) is 4.59. The van der Waals surface area contributed by atoms with Gasteiger partial charge in [-0.1, -0.05) is 54.6 Å². The minimum atomic E-state index is -0.0858. The number of urea groups is 1. The number of anilines is 2. The van der Waals surface area contributed by atoms with Gasteiger partial charge in [-0.25, -0.2) is 14.2 Å². The summed E-state index contributed by atoms with van der Waals surface area (Å²) in [5.74, 6) is 1.57. The molecule has 174 valence electrons. The molecular weight excluding hydrogens is 438 g/mol. The molecule has 8 heteroatoms. The van der Waals surface area contributed by atoms with Gasteiger partial charge in [0.1, 0.15) is 0 Å². The third-order valence-electron chi connectivity index (χ3n) is 6.49. The molecule has 8 nitrogen and oxygen atoms in total. The van der Waals surface area contributed by atoms with E-state index in [1.165, 1.54) is 0 Å². The first-order valence-electron chi connectivity index (χ1n) is 11.7. The van der Waals surface area contributed by atoms with Crippen molar-refractivity contribution in [2.45, 2.75) is 6.92 Å². The van der Waals surface area contributed by atoms with Crippen LogP contribution < -0.4 is 10.2 Å². The van der Waals surface area contributed by atoms with Crippen LogP contribution in [0.2, 0.25) is 0 Å². The number of hydrogen-bond donors (Lipinski definition) is 1. The lowest BCUT2D eigenvalue weighted by Gasteiger charge is -2.35. The van der Waals surface area contributed by atoms with E-state index in [1.54, 1.807) is 0 Å². The van der Waals surface area contributed by atoms with E-state index in [9.17, 15) is 4.79 Å². The predicted octanol–water partition coefficient (Wildman–Crippen LogP) is 4.61. The van der Waals surface area contributed by atoms with Crippen molar-refractivity contribution in [3.8, 4) is 11.4 Å². The van der Waals surface area contributed by atoms with Crippen molar-refractivity contribution < 1.29 is 4.79 Å². The molecule has 0 saturated carbocycles. The van der Waals surface area contributed by atoms with Crippen LogP contribution in [-0.4, -0.2) is 56.7 Å². The van der Waals surface area contributed by atoms with Crippen molar-refractivity contribution in [3.63, 3.8) is 0 Å². The zero-order valence-electron chi connectivity index (χ0n) is 19.4. The van der Waals surface area contributed by atoms with Crippen molar-refractivity contribution in [3.05, 3.63) is 84.4 Å². The molecule has 1 aliphatic rings. The first kappa shape index (κ1) is 21.1. The number of aromatic nitrogens is 4. The summed E-state index contributed by atoms with van der Waals surface area (Å²) in [4.78, 5) is 21.9. The van der Waals surface area contributed by atoms with E-state index in [4.69, 9.17) is 4.98 Å². The number of hydrogen-bond acceptors (Lipinski definition) is 5. The first-order valence-corrected chi connectivity index (χ1v) is 11.7. The summed E-state index contributed by atoms with van der Waals surface area (Å²) in [7, 11) is 0. The average Bonchev–Trinajstić information content (AvgIpc) is 3.34. The fourth-order valence-electron chi connectivity index (χ4n) is 4.61. The molecule has 2 amide bonds. The minimum absolute atomic E-state index is 0.0858. The van der Waals surface area contributed by atoms with Crippen LogP contribution in [0.15, 0.2) is 78.9 Å². The number of carbonyl (C=O) groups is 1. The minimum Gasteiger partial charge on any atom is -0.338 e. The van der Waals surface area contributed by atoms with Crippen molar-refractivity contribution in [1.82, 2.24) is 24.5 Å². The molecule has 1 aliphatic heterocycles. The second-order valence-electron chi connectivity index (χ2n) is 8.70. The summed E-state index contributed by atoms with van der Waals surface area (Å²) in [5.41, 5.74) is 4.61. The van der Waals surface area contributed by atoms with Crippen LogP contribution in [0.5, 0.6) is 0 Å². The van der Waals surface area contributed by atoms with Gasteiger partial charge in [-0.05, 0) is 36.8 Å². The summed E-state index contributed by atoms with van der Waals surface area (Å²) >= 11 is 0. The van der Waals surface area contributed by atoms with Crippen LogP contribution in [-0.2, 0) is 0 Å². The van der Waals surface area contributed by atoms with Crippen LogP contribution in [0.4, 0.5) is 16.4 Å². The Morgan fingerprint density at radius 1 is 0.829 bits per heavy atom. The van der Waals surface area contributed by atoms with Gasteiger partial charge >= 0.3 is 6.03 Å². The normalized spacial score (nSPS) is 14.0. The Morgan fingerprint density at radius 3 is 2.34 bits per heavy atom. The Bertz CT molecular complexity index is 1520. The summed E-state index contributed by atoms with van der Waals surface area (Å²) in [6, 6.07) is 25.7. The smallest absolute Gasteiger partial charge is 0.321 e. The molecule has 6 rings (SSSR count). The molecule has 1 fully saturated rings. The van der Waals surface area contributed by atoms with Crippen LogP contribution in [0.1, 0.15) is 5.56 Å². The summed E-state index contributed by atoms with van der Waals surface area (Å²) in [5, 5.41) is 13.1. The summed E-state index contributed by atoms with van der Waals surface area (Å²) in [6.07, 6.45) is 0. The Labute approximate surface area is 202 Å². The number of rotatable bonds is 3. The van der Waals surface area contributed by atoms with Crippen molar-refractivity contribution in [1.29, 1.82) is 0 Å². The molecule has 0 bridgehead atoms. The van der Waals surface area contributed by atoms with Gasteiger partial charge in [0, 0.05) is 42.8 Å². The number of nitrogens with zero attached hydrogens (tertiary/aromatic N) is 6. The van der Waals surface area contributed by atoms with Crippen LogP contribution in [0.25, 0.3) is 27.9 Å². The molecule has 2 aromatic heterocycles. The van der Waals surface area contributed by atoms with Gasteiger partial charge in [-0.15, -0.1) is 10.2 Å². The number of piperazine rings is 1. The monoisotopic (exact) mass is 463 g/mol. The SMILES string of the molecule is Cc1ccccc1-c1nnc2c3ccccc3nc(N3CCN(C(=O)Nc4ccccc4)CC3)n12. The molecule has 0 radical (unpaired) electrons. The maximum Gasteiger partial charge on any atom is 0.321 e. The number of amides is 2. The first-order chi connectivity index (χ1) is 17.2. The van der Waals surface area contributed by atoms with E-state index in [-0.39, 0.29) is 6.03 Å². The second kappa shape index (κ2) is 8.72. The Balaban J connectivity index is 1.35. The molecule has 5 aromatic rings.